The molecule has 2 heterocycles. The van der Waals surface area contributed by atoms with Crippen LogP contribution in [-0.2, 0) is 4.79 Å². The molecular formula is C9H11ClN4O. The summed E-state index contributed by atoms with van der Waals surface area (Å²) in [5, 5.41) is 6.21. The SMILES string of the molecule is O=C1NCCCC1Nc1ncncc1Cl. The largest absolute Gasteiger partial charge is 0.357 e. The van der Waals surface area contributed by atoms with Gasteiger partial charge in [-0.2, -0.15) is 0 Å². The van der Waals surface area contributed by atoms with Crippen molar-refractivity contribution in [3.63, 3.8) is 0 Å². The Hall–Kier alpha value is -1.36. The molecule has 1 aliphatic heterocycles. The van der Waals surface area contributed by atoms with E-state index in [4.69, 9.17) is 11.6 Å². The zero-order valence-corrected chi connectivity index (χ0v) is 8.79. The highest BCUT2D eigenvalue weighted by Gasteiger charge is 2.22. The molecule has 0 saturated carbocycles. The first-order valence-corrected chi connectivity index (χ1v) is 5.15. The van der Waals surface area contributed by atoms with E-state index in [-0.39, 0.29) is 11.9 Å². The summed E-state index contributed by atoms with van der Waals surface area (Å²) in [6.07, 6.45) is 4.66. The van der Waals surface area contributed by atoms with Crippen molar-refractivity contribution in [2.45, 2.75) is 18.9 Å². The number of carbonyl (C=O) groups is 1. The van der Waals surface area contributed by atoms with E-state index >= 15 is 0 Å². The highest BCUT2D eigenvalue weighted by atomic mass is 35.5. The molecule has 0 aromatic carbocycles. The summed E-state index contributed by atoms with van der Waals surface area (Å²) in [5.74, 6) is 0.504. The normalized spacial score (nSPS) is 20.9. The number of halogens is 1. The molecule has 1 aromatic rings. The lowest BCUT2D eigenvalue weighted by Crippen LogP contribution is -2.44. The Morgan fingerprint density at radius 3 is 3.20 bits per heavy atom. The van der Waals surface area contributed by atoms with Crippen molar-refractivity contribution in [2.24, 2.45) is 0 Å². The summed E-state index contributed by atoms with van der Waals surface area (Å²) in [6.45, 7) is 0.745. The number of nitrogens with one attached hydrogen (secondary N) is 2. The number of hydrogen-bond donors (Lipinski definition) is 2. The fourth-order valence-corrected chi connectivity index (χ4v) is 1.65. The second kappa shape index (κ2) is 4.44. The zero-order valence-electron chi connectivity index (χ0n) is 8.03. The van der Waals surface area contributed by atoms with Gasteiger partial charge in [-0.1, -0.05) is 11.6 Å². The molecule has 1 aliphatic rings. The summed E-state index contributed by atoms with van der Waals surface area (Å²) in [6, 6.07) is -0.244. The van der Waals surface area contributed by atoms with E-state index in [2.05, 4.69) is 20.6 Å². The van der Waals surface area contributed by atoms with Gasteiger partial charge in [-0.05, 0) is 12.8 Å². The number of aromatic nitrogens is 2. The Balaban J connectivity index is 2.08. The van der Waals surface area contributed by atoms with Crippen molar-refractivity contribution in [1.29, 1.82) is 0 Å². The van der Waals surface area contributed by atoms with Crippen LogP contribution in [0.3, 0.4) is 0 Å². The molecule has 0 radical (unpaired) electrons. The fourth-order valence-electron chi connectivity index (χ4n) is 1.49. The van der Waals surface area contributed by atoms with Crippen LogP contribution in [0, 0.1) is 0 Å². The Kier molecular flexibility index (Phi) is 3.01. The first kappa shape index (κ1) is 10.2. The summed E-state index contributed by atoms with van der Waals surface area (Å²) >= 11 is 5.87. The van der Waals surface area contributed by atoms with Crippen LogP contribution >= 0.6 is 11.6 Å². The molecule has 2 rings (SSSR count). The molecule has 1 unspecified atom stereocenters. The lowest BCUT2D eigenvalue weighted by Gasteiger charge is -2.23. The van der Waals surface area contributed by atoms with Gasteiger partial charge in [0.15, 0.2) is 0 Å². The first-order chi connectivity index (χ1) is 7.27. The molecule has 1 amide bonds. The van der Waals surface area contributed by atoms with Gasteiger partial charge < -0.3 is 10.6 Å². The number of anilines is 1. The standard InChI is InChI=1S/C9H11ClN4O/c10-6-4-11-5-13-8(6)14-7-2-1-3-12-9(7)15/h4-5,7H,1-3H2,(H,12,15)(H,11,13,14). The predicted octanol–water partition coefficient (Wildman–Crippen LogP) is 0.820. The molecule has 0 aliphatic carbocycles. The van der Waals surface area contributed by atoms with Crippen LogP contribution in [0.5, 0.6) is 0 Å². The molecule has 2 N–H and O–H groups in total. The fraction of sp³-hybridized carbons (Fsp3) is 0.444. The summed E-state index contributed by atoms with van der Waals surface area (Å²) in [5.41, 5.74) is 0. The van der Waals surface area contributed by atoms with Gasteiger partial charge in [0, 0.05) is 6.54 Å². The minimum absolute atomic E-state index is 0.00377. The number of amides is 1. The highest BCUT2D eigenvalue weighted by molar-refractivity contribution is 6.32. The van der Waals surface area contributed by atoms with E-state index in [0.717, 1.165) is 19.4 Å². The van der Waals surface area contributed by atoms with E-state index in [0.29, 0.717) is 10.8 Å². The smallest absolute Gasteiger partial charge is 0.242 e. The van der Waals surface area contributed by atoms with Crippen molar-refractivity contribution in [3.8, 4) is 0 Å². The van der Waals surface area contributed by atoms with Crippen LogP contribution in [0.4, 0.5) is 5.82 Å². The average Bonchev–Trinajstić information content (AvgIpc) is 2.24. The van der Waals surface area contributed by atoms with Gasteiger partial charge >= 0.3 is 0 Å². The minimum atomic E-state index is -0.244. The first-order valence-electron chi connectivity index (χ1n) is 4.77. The summed E-state index contributed by atoms with van der Waals surface area (Å²) in [7, 11) is 0. The van der Waals surface area contributed by atoms with Crippen LogP contribution in [0.2, 0.25) is 5.02 Å². The number of hydrogen-bond acceptors (Lipinski definition) is 4. The van der Waals surface area contributed by atoms with Crippen molar-refractivity contribution < 1.29 is 4.79 Å². The van der Waals surface area contributed by atoms with Crippen LogP contribution in [0.1, 0.15) is 12.8 Å². The lowest BCUT2D eigenvalue weighted by molar-refractivity contribution is -0.123. The maximum atomic E-state index is 11.4. The average molecular weight is 227 g/mol. The zero-order chi connectivity index (χ0) is 10.7. The molecule has 0 spiro atoms. The molecule has 1 aromatic heterocycles. The van der Waals surface area contributed by atoms with Crippen LogP contribution in [0.15, 0.2) is 12.5 Å². The van der Waals surface area contributed by atoms with Gasteiger partial charge in [-0.3, -0.25) is 4.79 Å². The molecule has 5 nitrogen and oxygen atoms in total. The van der Waals surface area contributed by atoms with Crippen molar-refractivity contribution in [2.75, 3.05) is 11.9 Å². The predicted molar refractivity (Wildman–Crippen MR) is 56.7 cm³/mol. The third kappa shape index (κ3) is 2.36. The second-order valence-corrected chi connectivity index (χ2v) is 3.76. The van der Waals surface area contributed by atoms with Gasteiger partial charge in [0.1, 0.15) is 23.2 Å². The van der Waals surface area contributed by atoms with Crippen molar-refractivity contribution in [3.05, 3.63) is 17.5 Å². The Morgan fingerprint density at radius 1 is 1.60 bits per heavy atom. The van der Waals surface area contributed by atoms with E-state index in [1.165, 1.54) is 12.5 Å². The number of carbonyl (C=O) groups excluding carboxylic acids is 1. The van der Waals surface area contributed by atoms with E-state index in [1.807, 2.05) is 0 Å². The van der Waals surface area contributed by atoms with Gasteiger partial charge in [0.2, 0.25) is 5.91 Å². The quantitative estimate of drug-likeness (QED) is 0.784. The molecular weight excluding hydrogens is 216 g/mol. The maximum absolute atomic E-state index is 11.4. The van der Waals surface area contributed by atoms with Crippen LogP contribution in [0.25, 0.3) is 0 Å². The minimum Gasteiger partial charge on any atom is -0.357 e. The third-order valence-corrected chi connectivity index (χ3v) is 2.54. The maximum Gasteiger partial charge on any atom is 0.242 e. The number of nitrogens with zero attached hydrogens (tertiary/aromatic N) is 2. The van der Waals surface area contributed by atoms with Crippen LogP contribution < -0.4 is 10.6 Å². The summed E-state index contributed by atoms with van der Waals surface area (Å²) < 4.78 is 0. The number of piperidine rings is 1. The highest BCUT2D eigenvalue weighted by Crippen LogP contribution is 2.18. The molecule has 1 atom stereocenters. The molecule has 1 saturated heterocycles. The molecule has 80 valence electrons. The van der Waals surface area contributed by atoms with Gasteiger partial charge in [-0.15, -0.1) is 0 Å². The monoisotopic (exact) mass is 226 g/mol. The number of rotatable bonds is 2. The van der Waals surface area contributed by atoms with Gasteiger partial charge in [-0.25, -0.2) is 9.97 Å². The van der Waals surface area contributed by atoms with Gasteiger partial charge in [0.25, 0.3) is 0 Å². The topological polar surface area (TPSA) is 66.9 Å². The molecule has 6 heteroatoms. The van der Waals surface area contributed by atoms with E-state index in [1.54, 1.807) is 0 Å². The Labute approximate surface area is 92.3 Å². The van der Waals surface area contributed by atoms with Crippen molar-refractivity contribution >= 4 is 23.3 Å². The molecule has 0 bridgehead atoms. The van der Waals surface area contributed by atoms with E-state index in [9.17, 15) is 4.79 Å². The van der Waals surface area contributed by atoms with Gasteiger partial charge in [0.05, 0.1) is 6.20 Å². The lowest BCUT2D eigenvalue weighted by atomic mass is 10.1. The summed E-state index contributed by atoms with van der Waals surface area (Å²) in [4.78, 5) is 19.2. The van der Waals surface area contributed by atoms with Crippen molar-refractivity contribution in [1.82, 2.24) is 15.3 Å². The Morgan fingerprint density at radius 2 is 2.47 bits per heavy atom. The Bertz CT molecular complexity index is 371. The van der Waals surface area contributed by atoms with Crippen LogP contribution in [-0.4, -0.2) is 28.5 Å². The van der Waals surface area contributed by atoms with E-state index < -0.39 is 0 Å². The second-order valence-electron chi connectivity index (χ2n) is 3.35. The third-order valence-electron chi connectivity index (χ3n) is 2.26. The molecule has 15 heavy (non-hydrogen) atoms. The molecule has 1 fully saturated rings.